The van der Waals surface area contributed by atoms with Gasteiger partial charge >= 0.3 is 5.69 Å². The molecule has 1 atom stereocenters. The largest absolute Gasteiger partial charge is 0.497 e. The Kier molecular flexibility index (Phi) is 7.35. The highest BCUT2D eigenvalue weighted by Gasteiger charge is 2.26. The third-order valence-corrected chi connectivity index (χ3v) is 5.46. The second-order valence-electron chi connectivity index (χ2n) is 7.86. The van der Waals surface area contributed by atoms with Crippen LogP contribution in [0.3, 0.4) is 0 Å². The fraction of sp³-hybridized carbons (Fsp3) is 0.208. The van der Waals surface area contributed by atoms with E-state index >= 15 is 4.39 Å². The van der Waals surface area contributed by atoms with Gasteiger partial charge in [0.1, 0.15) is 23.4 Å². The van der Waals surface area contributed by atoms with Gasteiger partial charge in [-0.25, -0.2) is 19.2 Å². The third-order valence-electron chi connectivity index (χ3n) is 5.46. The molecule has 0 unspecified atom stereocenters. The number of nitrogen functional groups attached to an aromatic ring is 1. The second-order valence-corrected chi connectivity index (χ2v) is 7.86. The molecule has 6 N–H and O–H groups in total. The number of nitrogens with two attached hydrogens (primary N) is 1. The molecular formula is C24H25FN8O3. The molecule has 2 aromatic carbocycles. The van der Waals surface area contributed by atoms with Crippen molar-refractivity contribution in [3.8, 4) is 11.7 Å². The highest BCUT2D eigenvalue weighted by molar-refractivity contribution is 5.95. The zero-order chi connectivity index (χ0) is 25.7. The average Bonchev–Trinajstić information content (AvgIpc) is 3.28. The van der Waals surface area contributed by atoms with E-state index in [1.807, 2.05) is 0 Å². The molecule has 0 bridgehead atoms. The number of methoxy groups -OCH3 is 1. The molecule has 0 saturated carbocycles. The van der Waals surface area contributed by atoms with Crippen molar-refractivity contribution in [3.05, 3.63) is 93.7 Å². The van der Waals surface area contributed by atoms with Crippen molar-refractivity contribution in [2.75, 3.05) is 19.0 Å². The minimum absolute atomic E-state index is 0.0595. The van der Waals surface area contributed by atoms with Crippen molar-refractivity contribution in [2.45, 2.75) is 18.9 Å². The van der Waals surface area contributed by atoms with Gasteiger partial charge in [-0.2, -0.15) is 0 Å². The van der Waals surface area contributed by atoms with Crippen LogP contribution in [-0.2, 0) is 6.42 Å². The molecule has 0 spiro atoms. The quantitative estimate of drug-likeness (QED) is 0.165. The van der Waals surface area contributed by atoms with Crippen LogP contribution in [0, 0.1) is 11.2 Å². The number of ether oxygens (including phenoxy) is 1. The third kappa shape index (κ3) is 5.23. The Balaban J connectivity index is 1.84. The van der Waals surface area contributed by atoms with Crippen molar-refractivity contribution in [2.24, 2.45) is 5.73 Å². The summed E-state index contributed by atoms with van der Waals surface area (Å²) >= 11 is 0. The molecule has 4 rings (SSSR count). The number of aliphatic hydroxyl groups excluding tert-OH is 1. The number of aryl methyl sites for hydroxylation is 1. The molecule has 0 saturated heterocycles. The van der Waals surface area contributed by atoms with E-state index in [0.717, 1.165) is 4.68 Å². The molecule has 0 fully saturated rings. The number of rotatable bonds is 10. The normalized spacial score (nSPS) is 11.8. The summed E-state index contributed by atoms with van der Waals surface area (Å²) in [6, 6.07) is 10.4. The average molecular weight is 493 g/mol. The van der Waals surface area contributed by atoms with Gasteiger partial charge in [-0.3, -0.25) is 10.4 Å². The number of amidine groups is 1. The first-order valence-corrected chi connectivity index (χ1v) is 11.1. The maximum atomic E-state index is 15.8. The smallest absolute Gasteiger partial charge is 0.350 e. The molecule has 2 aromatic heterocycles. The number of aliphatic hydroxyl groups is 1. The van der Waals surface area contributed by atoms with Crippen molar-refractivity contribution in [1.29, 1.82) is 5.41 Å². The van der Waals surface area contributed by atoms with E-state index in [1.165, 1.54) is 25.6 Å². The van der Waals surface area contributed by atoms with Gasteiger partial charge in [0.05, 0.1) is 7.11 Å². The Morgan fingerprint density at radius 1 is 1.28 bits per heavy atom. The van der Waals surface area contributed by atoms with E-state index in [4.69, 9.17) is 15.9 Å². The topological polar surface area (TPSA) is 168 Å². The standard InChI is InChI=1S/C24H25FN8O3/c1-36-17-12-15(4-2-11-34)19(25)18(13-17)20(30-16-7-5-14(6-8-16)21(26)27)22-31-24(35)33(32-22)23-28-9-3-10-29-23/h3,5-10,12-13,20,30,34H,2,4,11H2,1H3,(H3,26,27)(H,31,32,35)/t20-/m0/s1. The first-order valence-electron chi connectivity index (χ1n) is 11.1. The fourth-order valence-corrected chi connectivity index (χ4v) is 3.67. The van der Waals surface area contributed by atoms with Crippen LogP contribution < -0.4 is 21.5 Å². The lowest BCUT2D eigenvalue weighted by Gasteiger charge is -2.21. The van der Waals surface area contributed by atoms with E-state index in [9.17, 15) is 9.90 Å². The lowest BCUT2D eigenvalue weighted by atomic mass is 9.98. The summed E-state index contributed by atoms with van der Waals surface area (Å²) in [7, 11) is 1.47. The molecule has 0 aliphatic heterocycles. The molecule has 11 nitrogen and oxygen atoms in total. The van der Waals surface area contributed by atoms with E-state index in [0.29, 0.717) is 29.0 Å². The molecule has 0 amide bonds. The molecule has 12 heteroatoms. The number of H-pyrrole nitrogens is 1. The zero-order valence-corrected chi connectivity index (χ0v) is 19.4. The Labute approximate surface area is 205 Å². The van der Waals surface area contributed by atoms with Crippen LogP contribution in [0.4, 0.5) is 10.1 Å². The predicted molar refractivity (Wildman–Crippen MR) is 131 cm³/mol. The lowest BCUT2D eigenvalue weighted by Crippen LogP contribution is -2.18. The number of nitrogens with one attached hydrogen (secondary N) is 3. The SMILES string of the molecule is COc1cc(CCCO)c(F)c([C@H](Nc2ccc(C(=N)N)cc2)c2nn(-c3ncccn3)c(=O)[nH]2)c1. The Hall–Kier alpha value is -4.58. The molecular weight excluding hydrogens is 467 g/mol. The Morgan fingerprint density at radius 2 is 2.00 bits per heavy atom. The number of benzene rings is 2. The molecule has 0 radical (unpaired) electrons. The summed E-state index contributed by atoms with van der Waals surface area (Å²) in [5.41, 5.74) is 6.56. The van der Waals surface area contributed by atoms with Crippen molar-refractivity contribution in [3.63, 3.8) is 0 Å². The van der Waals surface area contributed by atoms with Gasteiger partial charge in [-0.05, 0) is 60.9 Å². The van der Waals surface area contributed by atoms with E-state index < -0.39 is 17.5 Å². The minimum atomic E-state index is -0.950. The van der Waals surface area contributed by atoms with Gasteiger partial charge in [0, 0.05) is 35.8 Å². The maximum absolute atomic E-state index is 15.8. The maximum Gasteiger partial charge on any atom is 0.350 e. The van der Waals surface area contributed by atoms with Crippen LogP contribution >= 0.6 is 0 Å². The van der Waals surface area contributed by atoms with E-state index in [1.54, 1.807) is 36.4 Å². The number of aromatic amines is 1. The number of aromatic nitrogens is 5. The van der Waals surface area contributed by atoms with Gasteiger partial charge in [0.15, 0.2) is 5.82 Å². The summed E-state index contributed by atoms with van der Waals surface area (Å²) < 4.78 is 22.2. The number of halogens is 1. The molecule has 2 heterocycles. The molecule has 186 valence electrons. The van der Waals surface area contributed by atoms with Crippen molar-refractivity contribution < 1.29 is 14.2 Å². The fourth-order valence-electron chi connectivity index (χ4n) is 3.67. The summed E-state index contributed by atoms with van der Waals surface area (Å²) in [5, 5.41) is 24.4. The van der Waals surface area contributed by atoms with E-state index in [-0.39, 0.29) is 36.2 Å². The minimum Gasteiger partial charge on any atom is -0.497 e. The van der Waals surface area contributed by atoms with Crippen LogP contribution in [-0.4, -0.2) is 49.4 Å². The van der Waals surface area contributed by atoms with Crippen LogP contribution in [0.1, 0.15) is 35.0 Å². The number of hydrogen-bond donors (Lipinski definition) is 5. The molecule has 0 aliphatic rings. The van der Waals surface area contributed by atoms with Gasteiger partial charge in [0.2, 0.25) is 0 Å². The van der Waals surface area contributed by atoms with Crippen molar-refractivity contribution >= 4 is 11.5 Å². The first kappa shape index (κ1) is 24.5. The van der Waals surface area contributed by atoms with Crippen LogP contribution in [0.2, 0.25) is 0 Å². The number of hydrogen-bond acceptors (Lipinski definition) is 8. The highest BCUT2D eigenvalue weighted by Crippen LogP contribution is 2.32. The number of anilines is 1. The Morgan fingerprint density at radius 3 is 2.64 bits per heavy atom. The monoisotopic (exact) mass is 492 g/mol. The van der Waals surface area contributed by atoms with Crippen molar-refractivity contribution in [1.82, 2.24) is 24.7 Å². The van der Waals surface area contributed by atoms with Crippen LogP contribution in [0.15, 0.2) is 59.7 Å². The van der Waals surface area contributed by atoms with Gasteiger partial charge in [0.25, 0.3) is 5.95 Å². The highest BCUT2D eigenvalue weighted by atomic mass is 19.1. The van der Waals surface area contributed by atoms with Gasteiger partial charge < -0.3 is 20.9 Å². The molecule has 4 aromatic rings. The van der Waals surface area contributed by atoms with Crippen LogP contribution in [0.25, 0.3) is 5.95 Å². The summed E-state index contributed by atoms with van der Waals surface area (Å²) in [6.45, 7) is -0.0923. The van der Waals surface area contributed by atoms with Gasteiger partial charge in [-0.1, -0.05) is 0 Å². The van der Waals surface area contributed by atoms with Crippen LogP contribution in [0.5, 0.6) is 5.75 Å². The second kappa shape index (κ2) is 10.8. The number of nitrogens with zero attached hydrogens (tertiary/aromatic N) is 4. The summed E-state index contributed by atoms with van der Waals surface area (Å²) in [6.07, 6.45) is 3.61. The van der Waals surface area contributed by atoms with Gasteiger partial charge in [-0.15, -0.1) is 9.78 Å². The molecule has 0 aliphatic carbocycles. The zero-order valence-electron chi connectivity index (χ0n) is 19.4. The Bertz CT molecular complexity index is 1400. The summed E-state index contributed by atoms with van der Waals surface area (Å²) in [5.74, 6) is -0.0243. The molecule has 36 heavy (non-hydrogen) atoms. The predicted octanol–water partition coefficient (Wildman–Crippen LogP) is 1.91. The first-order chi connectivity index (χ1) is 17.4. The van der Waals surface area contributed by atoms with E-state index in [2.05, 4.69) is 25.4 Å². The lowest BCUT2D eigenvalue weighted by molar-refractivity contribution is 0.288. The summed E-state index contributed by atoms with van der Waals surface area (Å²) in [4.78, 5) is 23.5.